The SMILES string of the molecule is CC(O)OC(=O)C1CCCC(C(=O)OC(C)O)C1. The molecule has 2 N–H and O–H groups in total. The minimum Gasteiger partial charge on any atom is -0.436 e. The normalized spacial score (nSPS) is 27.1. The van der Waals surface area contributed by atoms with Gasteiger partial charge in [-0.15, -0.1) is 0 Å². The summed E-state index contributed by atoms with van der Waals surface area (Å²) in [6.45, 7) is 2.72. The number of carbonyl (C=O) groups excluding carboxylic acids is 2. The average molecular weight is 260 g/mol. The number of carbonyl (C=O) groups is 2. The van der Waals surface area contributed by atoms with E-state index < -0.39 is 24.5 Å². The Morgan fingerprint density at radius 3 is 1.72 bits per heavy atom. The van der Waals surface area contributed by atoms with Gasteiger partial charge in [-0.2, -0.15) is 0 Å². The fourth-order valence-electron chi connectivity index (χ4n) is 2.15. The zero-order chi connectivity index (χ0) is 13.7. The van der Waals surface area contributed by atoms with Crippen molar-refractivity contribution in [2.75, 3.05) is 0 Å². The van der Waals surface area contributed by atoms with Gasteiger partial charge >= 0.3 is 11.9 Å². The number of aliphatic hydroxyl groups is 2. The number of hydrogen-bond donors (Lipinski definition) is 2. The molecule has 0 aromatic rings. The lowest BCUT2D eigenvalue weighted by atomic mass is 9.81. The van der Waals surface area contributed by atoms with Gasteiger partial charge in [-0.25, -0.2) is 0 Å². The Balaban J connectivity index is 2.50. The molecule has 0 radical (unpaired) electrons. The Morgan fingerprint density at radius 1 is 1.00 bits per heavy atom. The van der Waals surface area contributed by atoms with Gasteiger partial charge in [-0.05, 0) is 33.1 Å². The van der Waals surface area contributed by atoms with Gasteiger partial charge in [0.05, 0.1) is 11.8 Å². The molecule has 0 heterocycles. The van der Waals surface area contributed by atoms with Crippen LogP contribution >= 0.6 is 0 Å². The first-order chi connectivity index (χ1) is 8.40. The predicted octanol–water partition coefficient (Wildman–Crippen LogP) is 0.556. The Morgan fingerprint density at radius 2 is 1.39 bits per heavy atom. The first kappa shape index (κ1) is 14.9. The third kappa shape index (κ3) is 4.62. The van der Waals surface area contributed by atoms with Crippen LogP contribution in [-0.4, -0.2) is 34.7 Å². The van der Waals surface area contributed by atoms with E-state index in [0.29, 0.717) is 19.3 Å². The van der Waals surface area contributed by atoms with E-state index >= 15 is 0 Å². The zero-order valence-electron chi connectivity index (χ0n) is 10.7. The van der Waals surface area contributed by atoms with E-state index in [1.54, 1.807) is 0 Å². The Hall–Kier alpha value is -1.14. The molecule has 1 saturated carbocycles. The standard InChI is InChI=1S/C12H20O6/c1-7(13)17-11(15)9-4-3-5-10(6-9)12(16)18-8(2)14/h7-10,13-14H,3-6H2,1-2H3. The lowest BCUT2D eigenvalue weighted by molar-refractivity contribution is -0.176. The van der Waals surface area contributed by atoms with E-state index in [-0.39, 0.29) is 11.8 Å². The smallest absolute Gasteiger partial charge is 0.311 e. The molecule has 0 aliphatic heterocycles. The van der Waals surface area contributed by atoms with Crippen molar-refractivity contribution >= 4 is 11.9 Å². The summed E-state index contributed by atoms with van der Waals surface area (Å²) >= 11 is 0. The first-order valence-corrected chi connectivity index (χ1v) is 6.17. The summed E-state index contributed by atoms with van der Waals surface area (Å²) < 4.78 is 9.43. The Labute approximate surface area is 106 Å². The molecule has 1 aliphatic carbocycles. The minimum atomic E-state index is -1.14. The highest BCUT2D eigenvalue weighted by atomic mass is 16.6. The largest absolute Gasteiger partial charge is 0.436 e. The Bertz CT molecular complexity index is 271. The van der Waals surface area contributed by atoms with Crippen LogP contribution in [0.2, 0.25) is 0 Å². The van der Waals surface area contributed by atoms with Gasteiger partial charge in [0.15, 0.2) is 12.6 Å². The van der Waals surface area contributed by atoms with Crippen LogP contribution in [0.25, 0.3) is 0 Å². The van der Waals surface area contributed by atoms with Crippen molar-refractivity contribution in [1.29, 1.82) is 0 Å². The number of esters is 2. The molecule has 0 amide bonds. The molecule has 1 aliphatic rings. The van der Waals surface area contributed by atoms with E-state index in [4.69, 9.17) is 19.7 Å². The molecule has 0 spiro atoms. The maximum Gasteiger partial charge on any atom is 0.311 e. The van der Waals surface area contributed by atoms with Crippen molar-refractivity contribution in [3.05, 3.63) is 0 Å². The molecule has 6 heteroatoms. The van der Waals surface area contributed by atoms with Crippen molar-refractivity contribution < 1.29 is 29.3 Å². The summed E-state index contributed by atoms with van der Waals surface area (Å²) in [5.74, 6) is -1.75. The molecule has 1 rings (SSSR count). The average Bonchev–Trinajstić information content (AvgIpc) is 2.27. The first-order valence-electron chi connectivity index (χ1n) is 6.17. The summed E-state index contributed by atoms with van der Waals surface area (Å²) in [4.78, 5) is 23.2. The van der Waals surface area contributed by atoms with Crippen LogP contribution in [0.5, 0.6) is 0 Å². The number of hydrogen-bond acceptors (Lipinski definition) is 6. The number of ether oxygens (including phenoxy) is 2. The van der Waals surface area contributed by atoms with Gasteiger partial charge in [-0.3, -0.25) is 9.59 Å². The van der Waals surface area contributed by atoms with Crippen LogP contribution in [0.3, 0.4) is 0 Å². The summed E-state index contributed by atoms with van der Waals surface area (Å²) in [6.07, 6.45) is 0.0779. The summed E-state index contributed by atoms with van der Waals surface area (Å²) in [7, 11) is 0. The van der Waals surface area contributed by atoms with Crippen LogP contribution in [0.4, 0.5) is 0 Å². The lowest BCUT2D eigenvalue weighted by Crippen LogP contribution is -2.32. The van der Waals surface area contributed by atoms with Gasteiger partial charge in [0.2, 0.25) is 0 Å². The second-order valence-corrected chi connectivity index (χ2v) is 4.63. The highest BCUT2D eigenvalue weighted by Crippen LogP contribution is 2.31. The van der Waals surface area contributed by atoms with E-state index in [0.717, 1.165) is 6.42 Å². The van der Waals surface area contributed by atoms with E-state index in [1.807, 2.05) is 0 Å². The molecule has 0 aromatic carbocycles. The molecule has 0 bridgehead atoms. The fourth-order valence-corrected chi connectivity index (χ4v) is 2.15. The van der Waals surface area contributed by atoms with Crippen LogP contribution < -0.4 is 0 Å². The van der Waals surface area contributed by atoms with Gasteiger partial charge in [0, 0.05) is 0 Å². The van der Waals surface area contributed by atoms with Crippen molar-refractivity contribution in [2.45, 2.75) is 52.1 Å². The molecule has 6 nitrogen and oxygen atoms in total. The summed E-state index contributed by atoms with van der Waals surface area (Å²) in [6, 6.07) is 0. The Kier molecular flexibility index (Phi) is 5.55. The van der Waals surface area contributed by atoms with Crippen molar-refractivity contribution in [3.8, 4) is 0 Å². The molecule has 0 saturated heterocycles. The van der Waals surface area contributed by atoms with E-state index in [9.17, 15) is 9.59 Å². The van der Waals surface area contributed by atoms with Crippen molar-refractivity contribution in [1.82, 2.24) is 0 Å². The van der Waals surface area contributed by atoms with Crippen LogP contribution in [-0.2, 0) is 19.1 Å². The van der Waals surface area contributed by atoms with Crippen LogP contribution in [0, 0.1) is 11.8 Å². The van der Waals surface area contributed by atoms with Gasteiger partial charge < -0.3 is 19.7 Å². The van der Waals surface area contributed by atoms with Crippen LogP contribution in [0.1, 0.15) is 39.5 Å². The molecule has 1 fully saturated rings. The lowest BCUT2D eigenvalue weighted by Gasteiger charge is -2.27. The molecular formula is C12H20O6. The third-order valence-electron chi connectivity index (χ3n) is 2.91. The second-order valence-electron chi connectivity index (χ2n) is 4.63. The van der Waals surface area contributed by atoms with Gasteiger partial charge in [0.1, 0.15) is 0 Å². The molecule has 4 unspecified atom stereocenters. The summed E-state index contributed by atoms with van der Waals surface area (Å²) in [5, 5.41) is 18.0. The van der Waals surface area contributed by atoms with E-state index in [2.05, 4.69) is 0 Å². The second kappa shape index (κ2) is 6.70. The van der Waals surface area contributed by atoms with Crippen LogP contribution in [0.15, 0.2) is 0 Å². The highest BCUT2D eigenvalue weighted by molar-refractivity contribution is 5.76. The van der Waals surface area contributed by atoms with Gasteiger partial charge in [0.25, 0.3) is 0 Å². The monoisotopic (exact) mass is 260 g/mol. The van der Waals surface area contributed by atoms with Crippen molar-refractivity contribution in [2.24, 2.45) is 11.8 Å². The molecular weight excluding hydrogens is 240 g/mol. The third-order valence-corrected chi connectivity index (χ3v) is 2.91. The van der Waals surface area contributed by atoms with E-state index in [1.165, 1.54) is 13.8 Å². The topological polar surface area (TPSA) is 93.1 Å². The van der Waals surface area contributed by atoms with Gasteiger partial charge in [-0.1, -0.05) is 6.42 Å². The molecule has 4 atom stereocenters. The maximum atomic E-state index is 11.6. The minimum absolute atomic E-state index is 0.344. The maximum absolute atomic E-state index is 11.6. The predicted molar refractivity (Wildman–Crippen MR) is 61.0 cm³/mol. The number of aliphatic hydroxyl groups excluding tert-OH is 2. The molecule has 18 heavy (non-hydrogen) atoms. The van der Waals surface area contributed by atoms with Crippen molar-refractivity contribution in [3.63, 3.8) is 0 Å². The quantitative estimate of drug-likeness (QED) is 0.566. The summed E-state index contributed by atoms with van der Waals surface area (Å²) in [5.41, 5.74) is 0. The molecule has 104 valence electrons. The zero-order valence-corrected chi connectivity index (χ0v) is 10.7. The highest BCUT2D eigenvalue weighted by Gasteiger charge is 2.33. The fraction of sp³-hybridized carbons (Fsp3) is 0.833. The molecule has 0 aromatic heterocycles. The number of rotatable bonds is 4.